The Morgan fingerprint density at radius 2 is 2.00 bits per heavy atom. The number of rotatable bonds is 5. The third-order valence-electron chi connectivity index (χ3n) is 7.11. The lowest BCUT2D eigenvalue weighted by atomic mass is 9.96. The Balaban J connectivity index is 1.36. The molecule has 3 heterocycles. The Morgan fingerprint density at radius 3 is 2.75 bits per heavy atom. The second kappa shape index (κ2) is 8.94. The number of nitrogens with one attached hydrogen (secondary N) is 1. The first kappa shape index (κ1) is 21.6. The van der Waals surface area contributed by atoms with Crippen LogP contribution in [-0.2, 0) is 9.59 Å². The standard InChI is InChI=1S/C24H26ClN3O3S/c25-17-13-28(22-16(17)7-8-18(22)29)24(31)21(14-4-1-2-5-14)27-23(30)20-10-9-19(32-20)15-6-3-11-26-12-15/h3,6,9-12,14,16-17,21-22H,1-2,4-5,7-8,13H2,(H,27,30)/t16-,17+,21+,22+/m1/s1. The van der Waals surface area contributed by atoms with Crippen LogP contribution in [-0.4, -0.2) is 51.5 Å². The van der Waals surface area contributed by atoms with E-state index in [1.54, 1.807) is 23.4 Å². The molecule has 0 bridgehead atoms. The van der Waals surface area contributed by atoms with Gasteiger partial charge < -0.3 is 10.2 Å². The molecule has 6 nitrogen and oxygen atoms in total. The van der Waals surface area contributed by atoms with Gasteiger partial charge in [0, 0.05) is 41.7 Å². The number of fused-ring (bicyclic) bond motifs is 1. The topological polar surface area (TPSA) is 79.4 Å². The zero-order valence-electron chi connectivity index (χ0n) is 17.7. The number of likely N-dealkylation sites (tertiary alicyclic amines) is 1. The van der Waals surface area contributed by atoms with E-state index in [-0.39, 0.29) is 34.8 Å². The normalized spacial score (nSPS) is 26.3. The van der Waals surface area contributed by atoms with Gasteiger partial charge in [0.25, 0.3) is 5.91 Å². The summed E-state index contributed by atoms with van der Waals surface area (Å²) in [4.78, 5) is 46.6. The first-order valence-corrected chi connectivity index (χ1v) is 12.6. The number of carbonyl (C=O) groups is 3. The van der Waals surface area contributed by atoms with Crippen LogP contribution in [0, 0.1) is 11.8 Å². The summed E-state index contributed by atoms with van der Waals surface area (Å²) in [6, 6.07) is 6.47. The average Bonchev–Trinajstić information content (AvgIpc) is 3.59. The molecule has 2 amide bonds. The molecule has 4 atom stereocenters. The van der Waals surface area contributed by atoms with E-state index in [9.17, 15) is 14.4 Å². The van der Waals surface area contributed by atoms with E-state index in [1.165, 1.54) is 11.3 Å². The van der Waals surface area contributed by atoms with E-state index in [0.29, 0.717) is 17.8 Å². The molecule has 32 heavy (non-hydrogen) atoms. The summed E-state index contributed by atoms with van der Waals surface area (Å²) in [5, 5.41) is 2.84. The number of hydrogen-bond acceptors (Lipinski definition) is 5. The van der Waals surface area contributed by atoms with Crippen molar-refractivity contribution in [1.82, 2.24) is 15.2 Å². The highest BCUT2D eigenvalue weighted by atomic mass is 35.5. The van der Waals surface area contributed by atoms with Crippen LogP contribution < -0.4 is 5.32 Å². The Labute approximate surface area is 196 Å². The molecule has 0 aromatic carbocycles. The number of halogens is 1. The van der Waals surface area contributed by atoms with E-state index in [4.69, 9.17) is 11.6 Å². The smallest absolute Gasteiger partial charge is 0.262 e. The van der Waals surface area contributed by atoms with Crippen molar-refractivity contribution in [3.05, 3.63) is 41.5 Å². The number of pyridine rings is 1. The third kappa shape index (κ3) is 3.97. The van der Waals surface area contributed by atoms with E-state index < -0.39 is 12.1 Å². The molecule has 1 saturated heterocycles. The van der Waals surface area contributed by atoms with Crippen LogP contribution >= 0.6 is 22.9 Å². The molecule has 2 aromatic heterocycles. The van der Waals surface area contributed by atoms with Crippen molar-refractivity contribution in [3.63, 3.8) is 0 Å². The minimum absolute atomic E-state index is 0.0346. The van der Waals surface area contributed by atoms with Crippen molar-refractivity contribution >= 4 is 40.5 Å². The van der Waals surface area contributed by atoms with Gasteiger partial charge in [-0.15, -0.1) is 22.9 Å². The van der Waals surface area contributed by atoms with Crippen LogP contribution in [0.5, 0.6) is 0 Å². The summed E-state index contributed by atoms with van der Waals surface area (Å²) in [6.07, 6.45) is 8.62. The van der Waals surface area contributed by atoms with Crippen LogP contribution in [0.3, 0.4) is 0 Å². The predicted molar refractivity (Wildman–Crippen MR) is 124 cm³/mol. The van der Waals surface area contributed by atoms with E-state index >= 15 is 0 Å². The molecule has 5 rings (SSSR count). The summed E-state index contributed by atoms with van der Waals surface area (Å²) in [5.41, 5.74) is 0.955. The fraction of sp³-hybridized carbons (Fsp3) is 0.500. The molecule has 2 aromatic rings. The molecular formula is C24H26ClN3O3S. The summed E-state index contributed by atoms with van der Waals surface area (Å²) in [6.45, 7) is 0.380. The van der Waals surface area contributed by atoms with Gasteiger partial charge in [0.05, 0.1) is 16.3 Å². The highest BCUT2D eigenvalue weighted by Crippen LogP contribution is 2.40. The molecule has 2 aliphatic carbocycles. The van der Waals surface area contributed by atoms with Gasteiger partial charge in [-0.05, 0) is 43.4 Å². The maximum atomic E-state index is 13.7. The van der Waals surface area contributed by atoms with Crippen molar-refractivity contribution in [2.24, 2.45) is 11.8 Å². The number of hydrogen-bond donors (Lipinski definition) is 1. The number of Topliss-reactive ketones (excluding diaryl/α,β-unsaturated/α-hetero) is 1. The number of ketones is 1. The molecule has 3 fully saturated rings. The lowest BCUT2D eigenvalue weighted by molar-refractivity contribution is -0.139. The second-order valence-corrected chi connectivity index (χ2v) is 10.7. The quantitative estimate of drug-likeness (QED) is 0.671. The Morgan fingerprint density at radius 1 is 1.19 bits per heavy atom. The number of thiophene rings is 1. The first-order valence-electron chi connectivity index (χ1n) is 11.3. The summed E-state index contributed by atoms with van der Waals surface area (Å²) < 4.78 is 0. The van der Waals surface area contributed by atoms with E-state index in [2.05, 4.69) is 10.3 Å². The fourth-order valence-corrected chi connectivity index (χ4v) is 6.80. The van der Waals surface area contributed by atoms with Crippen LogP contribution in [0.2, 0.25) is 0 Å². The van der Waals surface area contributed by atoms with Gasteiger partial charge in [0.2, 0.25) is 5.91 Å². The highest BCUT2D eigenvalue weighted by molar-refractivity contribution is 7.17. The highest BCUT2D eigenvalue weighted by Gasteiger charge is 2.52. The molecule has 3 aliphatic rings. The van der Waals surface area contributed by atoms with Crippen molar-refractivity contribution in [2.45, 2.75) is 56.0 Å². The summed E-state index contributed by atoms with van der Waals surface area (Å²) >= 11 is 7.89. The Kier molecular flexibility index (Phi) is 6.03. The van der Waals surface area contributed by atoms with E-state index in [0.717, 1.165) is 42.5 Å². The van der Waals surface area contributed by atoms with E-state index in [1.807, 2.05) is 18.2 Å². The van der Waals surface area contributed by atoms with Gasteiger partial charge in [0.15, 0.2) is 5.78 Å². The van der Waals surface area contributed by atoms with Crippen molar-refractivity contribution in [1.29, 1.82) is 0 Å². The summed E-state index contributed by atoms with van der Waals surface area (Å²) in [7, 11) is 0. The number of amides is 2. The molecule has 2 saturated carbocycles. The molecule has 1 aliphatic heterocycles. The third-order valence-corrected chi connectivity index (χ3v) is 8.71. The lowest BCUT2D eigenvalue weighted by Gasteiger charge is -2.31. The largest absolute Gasteiger partial charge is 0.339 e. The number of aromatic nitrogens is 1. The Hall–Kier alpha value is -2.25. The molecule has 0 unspecified atom stereocenters. The molecule has 1 N–H and O–H groups in total. The van der Waals surface area contributed by atoms with Gasteiger partial charge in [0.1, 0.15) is 6.04 Å². The minimum Gasteiger partial charge on any atom is -0.339 e. The molecule has 0 spiro atoms. The number of alkyl halides is 1. The molecule has 168 valence electrons. The lowest BCUT2D eigenvalue weighted by Crippen LogP contribution is -2.54. The van der Waals surface area contributed by atoms with Crippen LogP contribution in [0.15, 0.2) is 36.7 Å². The Bertz CT molecular complexity index is 1020. The maximum absolute atomic E-state index is 13.7. The van der Waals surface area contributed by atoms with Gasteiger partial charge in [-0.2, -0.15) is 0 Å². The SMILES string of the molecule is O=C(N[C@H](C(=O)N1C[C@H](Cl)[C@H]2CCC(=O)[C@H]21)C1CCCC1)c1ccc(-c2cccnc2)s1. The fourth-order valence-electron chi connectivity index (χ4n) is 5.49. The number of nitrogens with zero attached hydrogens (tertiary/aromatic N) is 2. The van der Waals surface area contributed by atoms with Crippen LogP contribution in [0.4, 0.5) is 0 Å². The molecule has 8 heteroatoms. The van der Waals surface area contributed by atoms with Crippen LogP contribution in [0.1, 0.15) is 48.2 Å². The summed E-state index contributed by atoms with van der Waals surface area (Å²) in [5.74, 6) is -0.169. The second-order valence-electron chi connectivity index (χ2n) is 9.02. The molecule has 0 radical (unpaired) electrons. The number of carbonyl (C=O) groups excluding carboxylic acids is 3. The monoisotopic (exact) mass is 471 g/mol. The van der Waals surface area contributed by atoms with Crippen molar-refractivity contribution in [2.75, 3.05) is 6.54 Å². The molecular weight excluding hydrogens is 446 g/mol. The van der Waals surface area contributed by atoms with Gasteiger partial charge in [-0.3, -0.25) is 19.4 Å². The van der Waals surface area contributed by atoms with Gasteiger partial charge >= 0.3 is 0 Å². The van der Waals surface area contributed by atoms with Crippen molar-refractivity contribution in [3.8, 4) is 10.4 Å². The zero-order chi connectivity index (χ0) is 22.2. The van der Waals surface area contributed by atoms with Crippen molar-refractivity contribution < 1.29 is 14.4 Å². The zero-order valence-corrected chi connectivity index (χ0v) is 19.3. The van der Waals surface area contributed by atoms with Gasteiger partial charge in [-0.25, -0.2) is 0 Å². The predicted octanol–water partition coefficient (Wildman–Crippen LogP) is 3.90. The van der Waals surface area contributed by atoms with Gasteiger partial charge in [-0.1, -0.05) is 18.9 Å². The minimum atomic E-state index is -0.620. The van der Waals surface area contributed by atoms with Crippen LogP contribution in [0.25, 0.3) is 10.4 Å². The first-order chi connectivity index (χ1) is 15.5. The average molecular weight is 472 g/mol. The maximum Gasteiger partial charge on any atom is 0.262 e.